The molecule has 3 N–H and O–H groups in total. The average molecular weight is 259 g/mol. The van der Waals surface area contributed by atoms with E-state index in [0.717, 1.165) is 28.4 Å². The van der Waals surface area contributed by atoms with Gasteiger partial charge in [0.25, 0.3) is 0 Å². The Balaban J connectivity index is 2.49. The standard InChI is InChI=1S/C15H21N3O/c1-9-5-10(2)14(19-4)12(6-9)13-8-17-15(18-13)11(3)7-16/h5-6,8,11H,7,16H2,1-4H3,(H,17,18). The molecule has 4 heteroatoms. The second-order valence-electron chi connectivity index (χ2n) is 4.98. The van der Waals surface area contributed by atoms with Crippen LogP contribution in [0.3, 0.4) is 0 Å². The Bertz CT molecular complexity index is 575. The second kappa shape index (κ2) is 5.45. The molecule has 1 heterocycles. The number of nitrogens with two attached hydrogens (primary N) is 1. The van der Waals surface area contributed by atoms with Crippen molar-refractivity contribution in [3.63, 3.8) is 0 Å². The molecule has 0 bridgehead atoms. The summed E-state index contributed by atoms with van der Waals surface area (Å²) >= 11 is 0. The highest BCUT2D eigenvalue weighted by Gasteiger charge is 2.14. The molecule has 0 saturated heterocycles. The van der Waals surface area contributed by atoms with E-state index in [1.807, 2.05) is 6.20 Å². The lowest BCUT2D eigenvalue weighted by Gasteiger charge is -2.11. The number of aryl methyl sites for hydroxylation is 2. The molecule has 2 aromatic rings. The van der Waals surface area contributed by atoms with Gasteiger partial charge >= 0.3 is 0 Å². The molecule has 0 saturated carbocycles. The van der Waals surface area contributed by atoms with Crippen molar-refractivity contribution in [2.75, 3.05) is 13.7 Å². The third kappa shape index (κ3) is 2.63. The molecular formula is C15H21N3O. The van der Waals surface area contributed by atoms with Crippen LogP contribution in [-0.2, 0) is 0 Å². The van der Waals surface area contributed by atoms with E-state index in [-0.39, 0.29) is 5.92 Å². The summed E-state index contributed by atoms with van der Waals surface area (Å²) in [6, 6.07) is 4.22. The van der Waals surface area contributed by atoms with Gasteiger partial charge < -0.3 is 15.5 Å². The smallest absolute Gasteiger partial charge is 0.131 e. The molecule has 0 amide bonds. The Morgan fingerprint density at radius 2 is 2.11 bits per heavy atom. The lowest BCUT2D eigenvalue weighted by molar-refractivity contribution is 0.413. The molecule has 19 heavy (non-hydrogen) atoms. The van der Waals surface area contributed by atoms with Gasteiger partial charge in [0.1, 0.15) is 11.6 Å². The summed E-state index contributed by atoms with van der Waals surface area (Å²) in [6.07, 6.45) is 1.85. The Morgan fingerprint density at radius 1 is 1.37 bits per heavy atom. The largest absolute Gasteiger partial charge is 0.496 e. The SMILES string of the molecule is COc1c(C)cc(C)cc1-c1cnc(C(C)CN)[nH]1. The third-order valence-corrected chi connectivity index (χ3v) is 3.33. The van der Waals surface area contributed by atoms with Crippen LogP contribution in [0.25, 0.3) is 11.3 Å². The summed E-state index contributed by atoms with van der Waals surface area (Å²) in [6.45, 7) is 6.77. The van der Waals surface area contributed by atoms with Crippen molar-refractivity contribution in [2.24, 2.45) is 5.73 Å². The maximum absolute atomic E-state index is 5.67. The molecule has 1 aromatic heterocycles. The summed E-state index contributed by atoms with van der Waals surface area (Å²) in [7, 11) is 1.70. The predicted octanol–water partition coefficient (Wildman–Crippen LogP) is 2.76. The number of ether oxygens (including phenoxy) is 1. The normalized spacial score (nSPS) is 12.5. The molecule has 0 aliphatic rings. The van der Waals surface area contributed by atoms with Crippen LogP contribution in [0.4, 0.5) is 0 Å². The van der Waals surface area contributed by atoms with Gasteiger partial charge in [0.15, 0.2) is 0 Å². The van der Waals surface area contributed by atoms with Crippen LogP contribution in [-0.4, -0.2) is 23.6 Å². The molecule has 4 nitrogen and oxygen atoms in total. The Hall–Kier alpha value is -1.81. The minimum absolute atomic E-state index is 0.227. The monoisotopic (exact) mass is 259 g/mol. The zero-order valence-corrected chi connectivity index (χ0v) is 11.9. The van der Waals surface area contributed by atoms with Crippen molar-refractivity contribution in [1.29, 1.82) is 0 Å². The maximum atomic E-state index is 5.67. The highest BCUT2D eigenvalue weighted by Crippen LogP contribution is 2.33. The van der Waals surface area contributed by atoms with Gasteiger partial charge in [-0.15, -0.1) is 0 Å². The number of hydrogen-bond acceptors (Lipinski definition) is 3. The van der Waals surface area contributed by atoms with Gasteiger partial charge in [-0.1, -0.05) is 13.0 Å². The average Bonchev–Trinajstić information content (AvgIpc) is 2.86. The van der Waals surface area contributed by atoms with Gasteiger partial charge in [-0.2, -0.15) is 0 Å². The van der Waals surface area contributed by atoms with E-state index in [0.29, 0.717) is 6.54 Å². The fraction of sp³-hybridized carbons (Fsp3) is 0.400. The van der Waals surface area contributed by atoms with E-state index in [9.17, 15) is 0 Å². The number of aromatic nitrogens is 2. The summed E-state index contributed by atoms with van der Waals surface area (Å²) < 4.78 is 5.51. The van der Waals surface area contributed by atoms with Crippen LogP contribution in [0.15, 0.2) is 18.3 Å². The van der Waals surface area contributed by atoms with E-state index in [1.54, 1.807) is 7.11 Å². The number of hydrogen-bond donors (Lipinski definition) is 2. The van der Waals surface area contributed by atoms with Gasteiger partial charge in [0.05, 0.1) is 19.0 Å². The molecule has 102 valence electrons. The van der Waals surface area contributed by atoms with Gasteiger partial charge in [-0.25, -0.2) is 4.98 Å². The van der Waals surface area contributed by atoms with Crippen molar-refractivity contribution in [3.8, 4) is 17.0 Å². The number of nitrogens with one attached hydrogen (secondary N) is 1. The molecule has 1 atom stereocenters. The Kier molecular flexibility index (Phi) is 3.90. The molecule has 2 rings (SSSR count). The number of aromatic amines is 1. The molecule has 0 aliphatic carbocycles. The first-order chi connectivity index (χ1) is 9.06. The molecule has 0 aliphatic heterocycles. The van der Waals surface area contributed by atoms with E-state index >= 15 is 0 Å². The highest BCUT2D eigenvalue weighted by molar-refractivity contribution is 5.70. The maximum Gasteiger partial charge on any atom is 0.131 e. The van der Waals surface area contributed by atoms with Crippen molar-refractivity contribution in [1.82, 2.24) is 9.97 Å². The van der Waals surface area contributed by atoms with Crippen LogP contribution < -0.4 is 10.5 Å². The van der Waals surface area contributed by atoms with Crippen molar-refractivity contribution in [2.45, 2.75) is 26.7 Å². The molecule has 0 fully saturated rings. The van der Waals surface area contributed by atoms with Crippen LogP contribution in [0.1, 0.15) is 29.8 Å². The zero-order valence-electron chi connectivity index (χ0n) is 11.9. The zero-order chi connectivity index (χ0) is 14.0. The molecule has 0 radical (unpaired) electrons. The number of benzene rings is 1. The van der Waals surface area contributed by atoms with Crippen LogP contribution in [0.2, 0.25) is 0 Å². The summed E-state index contributed by atoms with van der Waals surface area (Å²) in [5.41, 5.74) is 10.0. The van der Waals surface area contributed by atoms with Gasteiger partial charge in [-0.3, -0.25) is 0 Å². The lowest BCUT2D eigenvalue weighted by atomic mass is 10.0. The lowest BCUT2D eigenvalue weighted by Crippen LogP contribution is -2.10. The van der Waals surface area contributed by atoms with Gasteiger partial charge in [0, 0.05) is 18.0 Å². The summed E-state index contributed by atoms with van der Waals surface area (Å²) in [4.78, 5) is 7.75. The fourth-order valence-corrected chi connectivity index (χ4v) is 2.26. The predicted molar refractivity (Wildman–Crippen MR) is 77.5 cm³/mol. The van der Waals surface area contributed by atoms with E-state index < -0.39 is 0 Å². The topological polar surface area (TPSA) is 63.9 Å². The minimum Gasteiger partial charge on any atom is -0.496 e. The summed E-state index contributed by atoms with van der Waals surface area (Å²) in [5, 5.41) is 0. The number of methoxy groups -OCH3 is 1. The van der Waals surface area contributed by atoms with E-state index in [4.69, 9.17) is 10.5 Å². The second-order valence-corrected chi connectivity index (χ2v) is 4.98. The van der Waals surface area contributed by atoms with Gasteiger partial charge in [-0.05, 0) is 31.0 Å². The van der Waals surface area contributed by atoms with E-state index in [2.05, 4.69) is 42.9 Å². The van der Waals surface area contributed by atoms with Crippen LogP contribution in [0.5, 0.6) is 5.75 Å². The van der Waals surface area contributed by atoms with Gasteiger partial charge in [0.2, 0.25) is 0 Å². The number of imidazole rings is 1. The first kappa shape index (κ1) is 13.6. The number of nitrogens with zero attached hydrogens (tertiary/aromatic N) is 1. The number of H-pyrrole nitrogens is 1. The Morgan fingerprint density at radius 3 is 2.74 bits per heavy atom. The van der Waals surface area contributed by atoms with Crippen LogP contribution in [0, 0.1) is 13.8 Å². The molecule has 1 unspecified atom stereocenters. The Labute approximate surface area is 114 Å². The molecular weight excluding hydrogens is 238 g/mol. The fourth-order valence-electron chi connectivity index (χ4n) is 2.26. The van der Waals surface area contributed by atoms with Crippen molar-refractivity contribution in [3.05, 3.63) is 35.3 Å². The minimum atomic E-state index is 0.227. The first-order valence-electron chi connectivity index (χ1n) is 6.47. The highest BCUT2D eigenvalue weighted by atomic mass is 16.5. The first-order valence-corrected chi connectivity index (χ1v) is 6.47. The molecule has 0 spiro atoms. The number of rotatable bonds is 4. The van der Waals surface area contributed by atoms with Crippen molar-refractivity contribution < 1.29 is 4.74 Å². The quantitative estimate of drug-likeness (QED) is 0.887. The molecule has 1 aromatic carbocycles. The van der Waals surface area contributed by atoms with E-state index in [1.165, 1.54) is 5.56 Å². The third-order valence-electron chi connectivity index (χ3n) is 3.33. The van der Waals surface area contributed by atoms with Crippen LogP contribution >= 0.6 is 0 Å². The van der Waals surface area contributed by atoms with Crippen molar-refractivity contribution >= 4 is 0 Å². The summed E-state index contributed by atoms with van der Waals surface area (Å²) in [5.74, 6) is 2.03.